The summed E-state index contributed by atoms with van der Waals surface area (Å²) in [6, 6.07) is 15.3. The molecule has 32 heavy (non-hydrogen) atoms. The van der Waals surface area contributed by atoms with Gasteiger partial charge < -0.3 is 10.6 Å². The number of halogens is 1. The number of hydrogen-bond acceptors (Lipinski definition) is 5. The monoisotopic (exact) mass is 491 g/mol. The largest absolute Gasteiger partial charge is 0.326 e. The number of hydrogen-bond donors (Lipinski definition) is 2. The molecule has 2 N–H and O–H groups in total. The summed E-state index contributed by atoms with van der Waals surface area (Å²) in [5.41, 5.74) is 2.01. The van der Waals surface area contributed by atoms with Gasteiger partial charge in [-0.15, -0.1) is 0 Å². The SMILES string of the molecule is O=C(CCn1cnc2ccc(Br)cc2c1=O)Nc1ccc(C(=O)Nc2cccnc2)cc1. The van der Waals surface area contributed by atoms with E-state index in [4.69, 9.17) is 0 Å². The lowest BCUT2D eigenvalue weighted by Crippen LogP contribution is -2.23. The fraction of sp³-hybridized carbons (Fsp3) is 0.0870. The van der Waals surface area contributed by atoms with E-state index in [0.717, 1.165) is 4.47 Å². The van der Waals surface area contributed by atoms with Gasteiger partial charge in [-0.25, -0.2) is 4.98 Å². The number of carbonyl (C=O) groups is 2. The molecule has 0 fully saturated rings. The van der Waals surface area contributed by atoms with Gasteiger partial charge in [0.15, 0.2) is 0 Å². The molecule has 2 aromatic carbocycles. The van der Waals surface area contributed by atoms with Crippen molar-refractivity contribution in [2.75, 3.05) is 10.6 Å². The van der Waals surface area contributed by atoms with Crippen LogP contribution in [-0.2, 0) is 11.3 Å². The van der Waals surface area contributed by atoms with Gasteiger partial charge in [0, 0.05) is 34.9 Å². The molecule has 0 bridgehead atoms. The first-order valence-corrected chi connectivity index (χ1v) is 10.5. The van der Waals surface area contributed by atoms with Crippen molar-refractivity contribution in [2.24, 2.45) is 0 Å². The molecule has 0 aliphatic heterocycles. The third kappa shape index (κ3) is 5.06. The lowest BCUT2D eigenvalue weighted by molar-refractivity contribution is -0.116. The Hall–Kier alpha value is -3.85. The fourth-order valence-corrected chi connectivity index (χ4v) is 3.44. The third-order valence-corrected chi connectivity index (χ3v) is 5.21. The van der Waals surface area contributed by atoms with Gasteiger partial charge in [-0.1, -0.05) is 15.9 Å². The number of rotatable bonds is 6. The summed E-state index contributed by atoms with van der Waals surface area (Å²) in [6.07, 6.45) is 4.73. The van der Waals surface area contributed by atoms with Crippen molar-refractivity contribution in [3.63, 3.8) is 0 Å². The van der Waals surface area contributed by atoms with Crippen molar-refractivity contribution >= 4 is 50.0 Å². The number of anilines is 2. The first-order chi connectivity index (χ1) is 15.5. The summed E-state index contributed by atoms with van der Waals surface area (Å²) in [5.74, 6) is -0.524. The van der Waals surface area contributed by atoms with E-state index in [1.165, 1.54) is 10.9 Å². The van der Waals surface area contributed by atoms with E-state index in [1.54, 1.807) is 60.9 Å². The predicted molar refractivity (Wildman–Crippen MR) is 126 cm³/mol. The first-order valence-electron chi connectivity index (χ1n) is 9.75. The fourth-order valence-electron chi connectivity index (χ4n) is 3.08. The van der Waals surface area contributed by atoms with Crippen LogP contribution in [0.1, 0.15) is 16.8 Å². The lowest BCUT2D eigenvalue weighted by atomic mass is 10.2. The van der Waals surface area contributed by atoms with Crippen molar-refractivity contribution < 1.29 is 9.59 Å². The summed E-state index contributed by atoms with van der Waals surface area (Å²) < 4.78 is 2.21. The average molecular weight is 492 g/mol. The molecule has 0 aliphatic carbocycles. The minimum Gasteiger partial charge on any atom is -0.326 e. The van der Waals surface area contributed by atoms with E-state index in [9.17, 15) is 14.4 Å². The van der Waals surface area contributed by atoms with Crippen LogP contribution in [0, 0.1) is 0 Å². The minimum atomic E-state index is -0.273. The van der Waals surface area contributed by atoms with E-state index in [-0.39, 0.29) is 30.3 Å². The number of aromatic nitrogens is 3. The molecule has 0 saturated heterocycles. The molecular weight excluding hydrogens is 474 g/mol. The van der Waals surface area contributed by atoms with Gasteiger partial charge in [0.1, 0.15) is 0 Å². The smallest absolute Gasteiger partial charge is 0.261 e. The Bertz CT molecular complexity index is 1340. The second-order valence-electron chi connectivity index (χ2n) is 6.98. The molecule has 0 radical (unpaired) electrons. The Balaban J connectivity index is 1.35. The van der Waals surface area contributed by atoms with Crippen LogP contribution in [0.5, 0.6) is 0 Å². The number of fused-ring (bicyclic) bond motifs is 1. The molecule has 160 valence electrons. The molecule has 9 heteroatoms. The van der Waals surface area contributed by atoms with Gasteiger partial charge in [-0.05, 0) is 54.6 Å². The topological polar surface area (TPSA) is 106 Å². The quantitative estimate of drug-likeness (QED) is 0.426. The summed E-state index contributed by atoms with van der Waals surface area (Å²) in [7, 11) is 0. The number of pyridine rings is 1. The number of amides is 2. The molecule has 4 rings (SSSR count). The van der Waals surface area contributed by atoms with Gasteiger partial charge in [-0.3, -0.25) is 23.9 Å². The molecule has 0 saturated carbocycles. The number of nitrogens with one attached hydrogen (secondary N) is 2. The Morgan fingerprint density at radius 2 is 1.81 bits per heavy atom. The summed E-state index contributed by atoms with van der Waals surface area (Å²) >= 11 is 3.35. The zero-order valence-electron chi connectivity index (χ0n) is 16.8. The standard InChI is InChI=1S/C23H18BrN5O3/c24-16-5-8-20-19(12-16)23(32)29(14-26-20)11-9-21(30)27-17-6-3-15(4-7-17)22(31)28-18-2-1-10-25-13-18/h1-8,10,12-14H,9,11H2,(H,27,30)(H,28,31). The van der Waals surface area contributed by atoms with E-state index < -0.39 is 0 Å². The highest BCUT2D eigenvalue weighted by Gasteiger charge is 2.09. The summed E-state index contributed by atoms with van der Waals surface area (Å²) in [4.78, 5) is 45.5. The normalized spacial score (nSPS) is 10.7. The van der Waals surface area contributed by atoms with Crippen LogP contribution in [0.25, 0.3) is 10.9 Å². The number of benzene rings is 2. The number of carbonyl (C=O) groups excluding carboxylic acids is 2. The molecule has 8 nitrogen and oxygen atoms in total. The van der Waals surface area contributed by atoms with Gasteiger partial charge in [0.2, 0.25) is 5.91 Å². The molecule has 0 atom stereocenters. The van der Waals surface area contributed by atoms with Crippen LogP contribution in [0.2, 0.25) is 0 Å². The van der Waals surface area contributed by atoms with Crippen molar-refractivity contribution in [1.82, 2.24) is 14.5 Å². The molecule has 2 heterocycles. The van der Waals surface area contributed by atoms with Gasteiger partial charge >= 0.3 is 0 Å². The average Bonchev–Trinajstić information content (AvgIpc) is 2.80. The maximum Gasteiger partial charge on any atom is 0.261 e. The zero-order valence-corrected chi connectivity index (χ0v) is 18.4. The van der Waals surface area contributed by atoms with E-state index in [2.05, 4.69) is 36.5 Å². The molecule has 0 aliphatic rings. The van der Waals surface area contributed by atoms with E-state index >= 15 is 0 Å². The molecule has 0 spiro atoms. The van der Waals surface area contributed by atoms with Crippen molar-refractivity contribution in [2.45, 2.75) is 13.0 Å². The highest BCUT2D eigenvalue weighted by atomic mass is 79.9. The molecular formula is C23H18BrN5O3. The van der Waals surface area contributed by atoms with Crippen LogP contribution in [0.4, 0.5) is 11.4 Å². The summed E-state index contributed by atoms with van der Waals surface area (Å²) in [5, 5.41) is 6.01. The highest BCUT2D eigenvalue weighted by Crippen LogP contribution is 2.15. The van der Waals surface area contributed by atoms with E-state index in [0.29, 0.717) is 27.8 Å². The minimum absolute atomic E-state index is 0.102. The van der Waals surface area contributed by atoms with Crippen molar-refractivity contribution in [1.29, 1.82) is 0 Å². The Labute approximate surface area is 191 Å². The van der Waals surface area contributed by atoms with Crippen molar-refractivity contribution in [3.8, 4) is 0 Å². The van der Waals surface area contributed by atoms with Crippen LogP contribution >= 0.6 is 15.9 Å². The zero-order chi connectivity index (χ0) is 22.5. The second kappa shape index (κ2) is 9.52. The highest BCUT2D eigenvalue weighted by molar-refractivity contribution is 9.10. The predicted octanol–water partition coefficient (Wildman–Crippen LogP) is 3.84. The van der Waals surface area contributed by atoms with Crippen LogP contribution < -0.4 is 16.2 Å². The maximum atomic E-state index is 12.6. The molecule has 2 aromatic heterocycles. The van der Waals surface area contributed by atoms with E-state index in [1.807, 2.05) is 6.07 Å². The van der Waals surface area contributed by atoms with Crippen LogP contribution in [0.3, 0.4) is 0 Å². The molecule has 0 unspecified atom stereocenters. The molecule has 4 aromatic rings. The lowest BCUT2D eigenvalue weighted by Gasteiger charge is -2.09. The molecule has 2 amide bonds. The first kappa shape index (κ1) is 21.4. The number of aryl methyl sites for hydroxylation is 1. The Morgan fingerprint density at radius 3 is 2.56 bits per heavy atom. The van der Waals surface area contributed by atoms with Gasteiger partial charge in [0.25, 0.3) is 11.5 Å². The Kier molecular flexibility index (Phi) is 6.37. The number of nitrogens with zero attached hydrogens (tertiary/aromatic N) is 3. The summed E-state index contributed by atoms with van der Waals surface area (Å²) in [6.45, 7) is 0.200. The maximum absolute atomic E-state index is 12.6. The van der Waals surface area contributed by atoms with Gasteiger partial charge in [-0.2, -0.15) is 0 Å². The second-order valence-corrected chi connectivity index (χ2v) is 7.89. The third-order valence-electron chi connectivity index (χ3n) is 4.72. The van der Waals surface area contributed by atoms with Crippen LogP contribution in [0.15, 0.2) is 82.6 Å². The van der Waals surface area contributed by atoms with Crippen LogP contribution in [-0.4, -0.2) is 26.3 Å². The Morgan fingerprint density at radius 1 is 1.00 bits per heavy atom. The van der Waals surface area contributed by atoms with Crippen molar-refractivity contribution in [3.05, 3.63) is 93.7 Å². The van der Waals surface area contributed by atoms with Gasteiger partial charge in [0.05, 0.1) is 29.1 Å².